The van der Waals surface area contributed by atoms with Crippen LogP contribution < -0.4 is 19.5 Å². The standard InChI is InChI=1S/C28H31NO4/c1-21(2)17-18-32-26-15-9-22(19-27(26)31-3)10-16-28(30)29-24-11-13-25(14-12-24)33-20-23-7-5-4-6-8-23/h4-16,19,21H,17-18,20H2,1-3H3,(H,29,30)/b16-10+. The third-order valence-electron chi connectivity index (χ3n) is 4.94. The number of carbonyl (C=O) groups excluding carboxylic acids is 1. The maximum absolute atomic E-state index is 12.3. The molecule has 0 unspecified atom stereocenters. The van der Waals surface area contributed by atoms with E-state index in [0.29, 0.717) is 36.3 Å². The molecule has 3 aromatic carbocycles. The van der Waals surface area contributed by atoms with Gasteiger partial charge >= 0.3 is 0 Å². The summed E-state index contributed by atoms with van der Waals surface area (Å²) in [5, 5.41) is 2.85. The summed E-state index contributed by atoms with van der Waals surface area (Å²) in [5.41, 5.74) is 2.65. The van der Waals surface area contributed by atoms with Gasteiger partial charge in [0, 0.05) is 11.8 Å². The molecule has 5 heteroatoms. The molecule has 0 saturated heterocycles. The SMILES string of the molecule is COc1cc(/C=C/C(=O)Nc2ccc(OCc3ccccc3)cc2)ccc1OCCC(C)C. The van der Waals surface area contributed by atoms with Crippen LogP contribution in [0.25, 0.3) is 6.08 Å². The van der Waals surface area contributed by atoms with E-state index in [1.165, 1.54) is 6.08 Å². The van der Waals surface area contributed by atoms with E-state index < -0.39 is 0 Å². The number of rotatable bonds is 11. The van der Waals surface area contributed by atoms with Gasteiger partial charge in [0.2, 0.25) is 5.91 Å². The third-order valence-corrected chi connectivity index (χ3v) is 4.94. The highest BCUT2D eigenvalue weighted by molar-refractivity contribution is 6.02. The van der Waals surface area contributed by atoms with E-state index in [1.54, 1.807) is 13.2 Å². The second kappa shape index (κ2) is 12.3. The predicted molar refractivity (Wildman–Crippen MR) is 133 cm³/mol. The average molecular weight is 446 g/mol. The Balaban J connectivity index is 1.51. The number of nitrogens with one attached hydrogen (secondary N) is 1. The molecule has 0 fully saturated rings. The normalized spacial score (nSPS) is 10.9. The summed E-state index contributed by atoms with van der Waals surface area (Å²) >= 11 is 0. The van der Waals surface area contributed by atoms with Gasteiger partial charge in [0.1, 0.15) is 12.4 Å². The fraction of sp³-hybridized carbons (Fsp3) is 0.250. The monoisotopic (exact) mass is 445 g/mol. The van der Waals surface area contributed by atoms with Crippen molar-refractivity contribution in [3.63, 3.8) is 0 Å². The molecule has 0 aromatic heterocycles. The van der Waals surface area contributed by atoms with Crippen LogP contribution in [0, 0.1) is 5.92 Å². The quantitative estimate of drug-likeness (QED) is 0.349. The predicted octanol–water partition coefficient (Wildman–Crippen LogP) is 6.35. The number of benzene rings is 3. The Morgan fingerprint density at radius 2 is 1.70 bits per heavy atom. The van der Waals surface area contributed by atoms with Crippen LogP contribution >= 0.6 is 0 Å². The maximum Gasteiger partial charge on any atom is 0.248 e. The number of anilines is 1. The van der Waals surface area contributed by atoms with Gasteiger partial charge in [-0.15, -0.1) is 0 Å². The minimum absolute atomic E-state index is 0.218. The Morgan fingerprint density at radius 3 is 2.39 bits per heavy atom. The molecule has 5 nitrogen and oxygen atoms in total. The first-order valence-corrected chi connectivity index (χ1v) is 11.1. The van der Waals surface area contributed by atoms with E-state index >= 15 is 0 Å². The summed E-state index contributed by atoms with van der Waals surface area (Å²) < 4.78 is 17.0. The molecule has 0 bridgehead atoms. The fourth-order valence-electron chi connectivity index (χ4n) is 3.04. The van der Waals surface area contributed by atoms with Crippen LogP contribution in [0.3, 0.4) is 0 Å². The second-order valence-electron chi connectivity index (χ2n) is 8.06. The van der Waals surface area contributed by atoms with Gasteiger partial charge in [0.25, 0.3) is 0 Å². The number of methoxy groups -OCH3 is 1. The Labute approximate surface area is 196 Å². The van der Waals surface area contributed by atoms with E-state index in [1.807, 2.05) is 72.8 Å². The Kier molecular flexibility index (Phi) is 8.95. The number of hydrogen-bond acceptors (Lipinski definition) is 4. The second-order valence-corrected chi connectivity index (χ2v) is 8.06. The molecule has 0 aliphatic carbocycles. The molecule has 0 aliphatic heterocycles. The Bertz CT molecular complexity index is 1040. The molecule has 33 heavy (non-hydrogen) atoms. The molecular formula is C28H31NO4. The van der Waals surface area contributed by atoms with Crippen LogP contribution in [-0.2, 0) is 11.4 Å². The molecule has 1 amide bonds. The van der Waals surface area contributed by atoms with Crippen molar-refractivity contribution < 1.29 is 19.0 Å². The summed E-state index contributed by atoms with van der Waals surface area (Å²) in [5.74, 6) is 2.45. The van der Waals surface area contributed by atoms with E-state index in [9.17, 15) is 4.79 Å². The molecule has 3 aromatic rings. The highest BCUT2D eigenvalue weighted by Gasteiger charge is 2.06. The van der Waals surface area contributed by atoms with Crippen molar-refractivity contribution in [2.75, 3.05) is 19.0 Å². The van der Waals surface area contributed by atoms with Crippen LogP contribution in [0.5, 0.6) is 17.2 Å². The van der Waals surface area contributed by atoms with Crippen molar-refractivity contribution in [1.82, 2.24) is 0 Å². The molecule has 172 valence electrons. The summed E-state index contributed by atoms with van der Waals surface area (Å²) in [6, 6.07) is 22.9. The minimum atomic E-state index is -0.218. The Morgan fingerprint density at radius 1 is 0.939 bits per heavy atom. The topological polar surface area (TPSA) is 56.8 Å². The molecule has 3 rings (SSSR count). The van der Waals surface area contributed by atoms with Crippen molar-refractivity contribution >= 4 is 17.7 Å². The van der Waals surface area contributed by atoms with Gasteiger partial charge in [-0.3, -0.25) is 4.79 Å². The lowest BCUT2D eigenvalue weighted by Crippen LogP contribution is -2.07. The van der Waals surface area contributed by atoms with Gasteiger partial charge in [0.15, 0.2) is 11.5 Å². The van der Waals surface area contributed by atoms with Crippen LogP contribution in [0.15, 0.2) is 78.9 Å². The van der Waals surface area contributed by atoms with E-state index in [0.717, 1.165) is 23.3 Å². The number of ether oxygens (including phenoxy) is 3. The van der Waals surface area contributed by atoms with Crippen LogP contribution in [0.1, 0.15) is 31.4 Å². The zero-order chi connectivity index (χ0) is 23.5. The van der Waals surface area contributed by atoms with Crippen LogP contribution in [0.2, 0.25) is 0 Å². The lowest BCUT2D eigenvalue weighted by Gasteiger charge is -2.12. The van der Waals surface area contributed by atoms with Crippen molar-refractivity contribution in [1.29, 1.82) is 0 Å². The van der Waals surface area contributed by atoms with Gasteiger partial charge in [-0.25, -0.2) is 0 Å². The van der Waals surface area contributed by atoms with Crippen molar-refractivity contribution in [2.24, 2.45) is 5.92 Å². The fourth-order valence-corrected chi connectivity index (χ4v) is 3.04. The number of hydrogen-bond donors (Lipinski definition) is 1. The van der Waals surface area contributed by atoms with Crippen molar-refractivity contribution in [2.45, 2.75) is 26.9 Å². The number of amides is 1. The molecule has 0 atom stereocenters. The largest absolute Gasteiger partial charge is 0.493 e. The molecular weight excluding hydrogens is 414 g/mol. The Hall–Kier alpha value is -3.73. The van der Waals surface area contributed by atoms with Crippen LogP contribution in [-0.4, -0.2) is 19.6 Å². The summed E-state index contributed by atoms with van der Waals surface area (Å²) in [4.78, 5) is 12.3. The summed E-state index contributed by atoms with van der Waals surface area (Å²) in [6.07, 6.45) is 4.21. The summed E-state index contributed by atoms with van der Waals surface area (Å²) in [6.45, 7) is 5.46. The third kappa shape index (κ3) is 8.04. The molecule has 0 heterocycles. The van der Waals surface area contributed by atoms with Crippen molar-refractivity contribution in [3.8, 4) is 17.2 Å². The summed E-state index contributed by atoms with van der Waals surface area (Å²) in [7, 11) is 1.61. The average Bonchev–Trinajstić information content (AvgIpc) is 2.83. The molecule has 0 radical (unpaired) electrons. The molecule has 1 N–H and O–H groups in total. The number of carbonyl (C=O) groups is 1. The van der Waals surface area contributed by atoms with E-state index in [2.05, 4.69) is 19.2 Å². The van der Waals surface area contributed by atoms with Crippen molar-refractivity contribution in [3.05, 3.63) is 90.0 Å². The van der Waals surface area contributed by atoms with Gasteiger partial charge in [-0.1, -0.05) is 50.2 Å². The van der Waals surface area contributed by atoms with E-state index in [4.69, 9.17) is 14.2 Å². The van der Waals surface area contributed by atoms with Gasteiger partial charge in [-0.2, -0.15) is 0 Å². The highest BCUT2D eigenvalue weighted by Crippen LogP contribution is 2.29. The minimum Gasteiger partial charge on any atom is -0.493 e. The molecule has 0 aliphatic rings. The first-order valence-electron chi connectivity index (χ1n) is 11.1. The zero-order valence-corrected chi connectivity index (χ0v) is 19.4. The van der Waals surface area contributed by atoms with E-state index in [-0.39, 0.29) is 5.91 Å². The highest BCUT2D eigenvalue weighted by atomic mass is 16.5. The molecule has 0 saturated carbocycles. The zero-order valence-electron chi connectivity index (χ0n) is 19.4. The first kappa shape index (κ1) is 23.9. The van der Waals surface area contributed by atoms with Gasteiger partial charge in [0.05, 0.1) is 13.7 Å². The van der Waals surface area contributed by atoms with Crippen LogP contribution in [0.4, 0.5) is 5.69 Å². The molecule has 0 spiro atoms. The lowest BCUT2D eigenvalue weighted by atomic mass is 10.1. The lowest BCUT2D eigenvalue weighted by molar-refractivity contribution is -0.111. The maximum atomic E-state index is 12.3. The van der Waals surface area contributed by atoms with Gasteiger partial charge < -0.3 is 19.5 Å². The first-order chi connectivity index (χ1) is 16.0. The van der Waals surface area contributed by atoms with Gasteiger partial charge in [-0.05, 0) is 65.9 Å². The smallest absolute Gasteiger partial charge is 0.248 e.